The molecule has 2 aromatic heterocycles. The number of anilines is 1. The van der Waals surface area contributed by atoms with Gasteiger partial charge in [0, 0.05) is 36.3 Å². The molecule has 0 aromatic carbocycles. The van der Waals surface area contributed by atoms with Crippen LogP contribution in [0.3, 0.4) is 0 Å². The van der Waals surface area contributed by atoms with Gasteiger partial charge in [-0.3, -0.25) is 4.98 Å². The number of aryl methyl sites for hydroxylation is 1. The monoisotopic (exact) mass is 314 g/mol. The maximum Gasteiger partial charge on any atom is 0.161 e. The van der Waals surface area contributed by atoms with Gasteiger partial charge in [0.2, 0.25) is 0 Å². The number of hydrogen-bond acceptors (Lipinski definition) is 6. The lowest BCUT2D eigenvalue weighted by Gasteiger charge is -2.38. The Morgan fingerprint density at radius 2 is 2.09 bits per heavy atom. The minimum Gasteiger partial charge on any atom is -0.394 e. The summed E-state index contributed by atoms with van der Waals surface area (Å²) in [5.41, 5.74) is 1.96. The number of aliphatic hydroxyl groups excluding tert-OH is 1. The summed E-state index contributed by atoms with van der Waals surface area (Å²) >= 11 is 0. The minimum atomic E-state index is -0.171. The molecule has 1 fully saturated rings. The Balaban J connectivity index is 1.98. The molecule has 1 N–H and O–H groups in total. The Bertz CT molecular complexity index is 650. The van der Waals surface area contributed by atoms with Crippen LogP contribution < -0.4 is 4.90 Å². The van der Waals surface area contributed by atoms with Crippen molar-refractivity contribution in [3.8, 4) is 11.4 Å². The highest BCUT2D eigenvalue weighted by Crippen LogP contribution is 2.24. The van der Waals surface area contributed by atoms with Gasteiger partial charge in [-0.25, -0.2) is 9.97 Å². The molecule has 6 nitrogen and oxygen atoms in total. The number of aliphatic hydroxyl groups is 1. The number of pyridine rings is 1. The topological polar surface area (TPSA) is 71.4 Å². The van der Waals surface area contributed by atoms with Crippen molar-refractivity contribution in [3.05, 3.63) is 36.3 Å². The van der Waals surface area contributed by atoms with Gasteiger partial charge in [-0.15, -0.1) is 0 Å². The predicted molar refractivity (Wildman–Crippen MR) is 88.3 cm³/mol. The number of nitrogens with zero attached hydrogens (tertiary/aromatic N) is 4. The van der Waals surface area contributed by atoms with Crippen molar-refractivity contribution in [2.24, 2.45) is 0 Å². The van der Waals surface area contributed by atoms with E-state index in [9.17, 15) is 5.11 Å². The molecule has 0 aliphatic carbocycles. The van der Waals surface area contributed by atoms with Crippen LogP contribution in [-0.2, 0) is 11.2 Å². The zero-order valence-electron chi connectivity index (χ0n) is 13.5. The molecule has 3 heterocycles. The Kier molecular flexibility index (Phi) is 4.83. The molecule has 0 spiro atoms. The second-order valence-corrected chi connectivity index (χ2v) is 5.77. The molecule has 6 heteroatoms. The standard InChI is InChI=1S/C17H22N4O2/c1-3-14-8-16(21-9-15(10-22)23-11-12(21)2)20-17(19-14)13-4-6-18-7-5-13/h4-8,12,15,22H,3,9-11H2,1-2H3. The third-order valence-corrected chi connectivity index (χ3v) is 4.07. The van der Waals surface area contributed by atoms with E-state index in [1.165, 1.54) is 0 Å². The molecule has 23 heavy (non-hydrogen) atoms. The fourth-order valence-corrected chi connectivity index (χ4v) is 2.69. The van der Waals surface area contributed by atoms with Gasteiger partial charge in [-0.1, -0.05) is 6.92 Å². The molecular formula is C17H22N4O2. The number of ether oxygens (including phenoxy) is 1. The highest BCUT2D eigenvalue weighted by molar-refractivity contribution is 5.57. The van der Waals surface area contributed by atoms with Crippen molar-refractivity contribution in [2.75, 3.05) is 24.7 Å². The van der Waals surface area contributed by atoms with Crippen molar-refractivity contribution in [1.82, 2.24) is 15.0 Å². The first-order valence-electron chi connectivity index (χ1n) is 7.98. The van der Waals surface area contributed by atoms with Crippen molar-refractivity contribution in [3.63, 3.8) is 0 Å². The third-order valence-electron chi connectivity index (χ3n) is 4.07. The summed E-state index contributed by atoms with van der Waals surface area (Å²) in [6.07, 6.45) is 4.16. The van der Waals surface area contributed by atoms with Crippen molar-refractivity contribution in [2.45, 2.75) is 32.4 Å². The molecule has 0 amide bonds. The average molecular weight is 314 g/mol. The van der Waals surface area contributed by atoms with Gasteiger partial charge < -0.3 is 14.7 Å². The van der Waals surface area contributed by atoms with Crippen molar-refractivity contribution in [1.29, 1.82) is 0 Å². The molecular weight excluding hydrogens is 292 g/mol. The van der Waals surface area contributed by atoms with Crippen LogP contribution in [0.4, 0.5) is 5.82 Å². The van der Waals surface area contributed by atoms with E-state index in [1.807, 2.05) is 18.2 Å². The molecule has 1 aliphatic rings. The first kappa shape index (κ1) is 15.8. The highest BCUT2D eigenvalue weighted by atomic mass is 16.5. The molecule has 122 valence electrons. The second kappa shape index (κ2) is 7.02. The largest absolute Gasteiger partial charge is 0.394 e. The van der Waals surface area contributed by atoms with E-state index < -0.39 is 0 Å². The SMILES string of the molecule is CCc1cc(N2CC(CO)OCC2C)nc(-c2ccncc2)n1. The Labute approximate surface area is 136 Å². The van der Waals surface area contributed by atoms with Crippen molar-refractivity contribution < 1.29 is 9.84 Å². The van der Waals surface area contributed by atoms with E-state index >= 15 is 0 Å². The lowest BCUT2D eigenvalue weighted by molar-refractivity contribution is -0.0105. The molecule has 1 aliphatic heterocycles. The molecule has 0 bridgehead atoms. The van der Waals surface area contributed by atoms with Gasteiger partial charge >= 0.3 is 0 Å². The fourth-order valence-electron chi connectivity index (χ4n) is 2.69. The van der Waals surface area contributed by atoms with Crippen LogP contribution >= 0.6 is 0 Å². The van der Waals surface area contributed by atoms with E-state index in [0.29, 0.717) is 19.0 Å². The van der Waals surface area contributed by atoms with E-state index in [0.717, 1.165) is 23.5 Å². The third kappa shape index (κ3) is 3.48. The van der Waals surface area contributed by atoms with Gasteiger partial charge in [-0.05, 0) is 25.5 Å². The van der Waals surface area contributed by atoms with Crippen LogP contribution in [0.1, 0.15) is 19.5 Å². The van der Waals surface area contributed by atoms with Crippen LogP contribution in [0.5, 0.6) is 0 Å². The Hall–Kier alpha value is -2.05. The molecule has 2 unspecified atom stereocenters. The summed E-state index contributed by atoms with van der Waals surface area (Å²) in [6, 6.07) is 6.07. The number of morpholine rings is 1. The number of aromatic nitrogens is 3. The van der Waals surface area contributed by atoms with Crippen LogP contribution in [0, 0.1) is 0 Å². The summed E-state index contributed by atoms with van der Waals surface area (Å²) in [5, 5.41) is 9.38. The van der Waals surface area contributed by atoms with Gasteiger partial charge in [-0.2, -0.15) is 0 Å². The summed E-state index contributed by atoms with van der Waals surface area (Å²) in [7, 11) is 0. The summed E-state index contributed by atoms with van der Waals surface area (Å²) in [6.45, 7) is 5.43. The molecule has 2 atom stereocenters. The normalized spacial score (nSPS) is 21.4. The lowest BCUT2D eigenvalue weighted by Crippen LogP contribution is -2.50. The Morgan fingerprint density at radius 1 is 1.30 bits per heavy atom. The van der Waals surface area contributed by atoms with E-state index in [4.69, 9.17) is 9.72 Å². The van der Waals surface area contributed by atoms with E-state index in [1.54, 1.807) is 12.4 Å². The fraction of sp³-hybridized carbons (Fsp3) is 0.471. The summed E-state index contributed by atoms with van der Waals surface area (Å²) in [5.74, 6) is 1.60. The Morgan fingerprint density at radius 3 is 2.78 bits per heavy atom. The lowest BCUT2D eigenvalue weighted by atomic mass is 10.1. The summed E-state index contributed by atoms with van der Waals surface area (Å²) in [4.78, 5) is 15.6. The smallest absolute Gasteiger partial charge is 0.161 e. The van der Waals surface area contributed by atoms with E-state index in [2.05, 4.69) is 28.7 Å². The second-order valence-electron chi connectivity index (χ2n) is 5.77. The number of rotatable bonds is 4. The van der Waals surface area contributed by atoms with Gasteiger partial charge in [0.15, 0.2) is 5.82 Å². The van der Waals surface area contributed by atoms with Crippen molar-refractivity contribution >= 4 is 5.82 Å². The maximum atomic E-state index is 9.38. The first-order valence-corrected chi connectivity index (χ1v) is 7.98. The van der Waals surface area contributed by atoms with Crippen LogP contribution in [-0.4, -0.2) is 52.0 Å². The van der Waals surface area contributed by atoms with Gasteiger partial charge in [0.25, 0.3) is 0 Å². The minimum absolute atomic E-state index is 0.0200. The first-order chi connectivity index (χ1) is 11.2. The molecule has 2 aromatic rings. The van der Waals surface area contributed by atoms with Gasteiger partial charge in [0.1, 0.15) is 5.82 Å². The maximum absolute atomic E-state index is 9.38. The molecule has 0 saturated carbocycles. The summed E-state index contributed by atoms with van der Waals surface area (Å²) < 4.78 is 5.62. The quantitative estimate of drug-likeness (QED) is 0.926. The molecule has 3 rings (SSSR count). The van der Waals surface area contributed by atoms with E-state index in [-0.39, 0.29) is 18.8 Å². The van der Waals surface area contributed by atoms with Crippen LogP contribution in [0.25, 0.3) is 11.4 Å². The zero-order valence-corrected chi connectivity index (χ0v) is 13.5. The molecule has 1 saturated heterocycles. The predicted octanol–water partition coefficient (Wildman–Crippen LogP) is 1.69. The average Bonchev–Trinajstić information content (AvgIpc) is 2.62. The number of hydrogen-bond donors (Lipinski definition) is 1. The van der Waals surface area contributed by atoms with Crippen LogP contribution in [0.15, 0.2) is 30.6 Å². The van der Waals surface area contributed by atoms with Gasteiger partial charge in [0.05, 0.1) is 25.4 Å². The molecule has 0 radical (unpaired) electrons. The van der Waals surface area contributed by atoms with Crippen LogP contribution in [0.2, 0.25) is 0 Å². The zero-order chi connectivity index (χ0) is 16.2. The highest BCUT2D eigenvalue weighted by Gasteiger charge is 2.27.